The molecule has 2 fully saturated rings. The van der Waals surface area contributed by atoms with E-state index in [4.69, 9.17) is 4.98 Å². The van der Waals surface area contributed by atoms with Crippen LogP contribution < -0.4 is 10.2 Å². The Morgan fingerprint density at radius 2 is 1.80 bits per heavy atom. The van der Waals surface area contributed by atoms with E-state index in [1.165, 1.54) is 44.1 Å². The second-order valence-electron chi connectivity index (χ2n) is 7.97. The molecule has 3 aliphatic rings. The minimum Gasteiger partial charge on any atom is -0.353 e. The lowest BCUT2D eigenvalue weighted by molar-refractivity contribution is -0.126. The van der Waals surface area contributed by atoms with Gasteiger partial charge in [-0.3, -0.25) is 4.79 Å². The highest BCUT2D eigenvalue weighted by molar-refractivity contribution is 5.79. The maximum absolute atomic E-state index is 12.6. The molecule has 1 aromatic rings. The molecule has 0 spiro atoms. The van der Waals surface area contributed by atoms with Gasteiger partial charge in [0.2, 0.25) is 11.9 Å². The van der Waals surface area contributed by atoms with Crippen molar-refractivity contribution >= 4 is 11.9 Å². The zero-order valence-electron chi connectivity index (χ0n) is 15.2. The summed E-state index contributed by atoms with van der Waals surface area (Å²) in [7, 11) is 0. The molecule has 1 saturated carbocycles. The summed E-state index contributed by atoms with van der Waals surface area (Å²) < 4.78 is 0. The standard InChI is InChI=1S/C20H30N4O/c25-19(22-17-7-3-1-4-8-17)15-9-10-18-16(13-15)14-21-20(23-18)24-11-5-2-6-12-24/h14-15,17H,1-13H2,(H,22,25). The Labute approximate surface area is 150 Å². The average molecular weight is 342 g/mol. The van der Waals surface area contributed by atoms with E-state index in [9.17, 15) is 4.79 Å². The molecule has 0 bridgehead atoms. The smallest absolute Gasteiger partial charge is 0.225 e. The van der Waals surface area contributed by atoms with E-state index in [2.05, 4.69) is 15.2 Å². The number of nitrogens with one attached hydrogen (secondary N) is 1. The average Bonchev–Trinajstić information content (AvgIpc) is 2.68. The van der Waals surface area contributed by atoms with Crippen molar-refractivity contribution in [3.8, 4) is 0 Å². The van der Waals surface area contributed by atoms with E-state index < -0.39 is 0 Å². The van der Waals surface area contributed by atoms with Crippen molar-refractivity contribution in [2.24, 2.45) is 5.92 Å². The van der Waals surface area contributed by atoms with Crippen LogP contribution in [0.2, 0.25) is 0 Å². The second kappa shape index (κ2) is 7.71. The van der Waals surface area contributed by atoms with Crippen molar-refractivity contribution in [1.29, 1.82) is 0 Å². The van der Waals surface area contributed by atoms with Gasteiger partial charge in [-0.15, -0.1) is 0 Å². The molecule has 0 aromatic carbocycles. The molecule has 4 rings (SSSR count). The Kier molecular flexibility index (Phi) is 5.18. The SMILES string of the molecule is O=C(NC1CCCCC1)C1CCc2nc(N3CCCCC3)ncc2C1. The summed E-state index contributed by atoms with van der Waals surface area (Å²) >= 11 is 0. The lowest BCUT2D eigenvalue weighted by atomic mass is 9.86. The summed E-state index contributed by atoms with van der Waals surface area (Å²) in [6.45, 7) is 2.15. The van der Waals surface area contributed by atoms with Crippen LogP contribution in [-0.2, 0) is 17.6 Å². The van der Waals surface area contributed by atoms with Gasteiger partial charge >= 0.3 is 0 Å². The summed E-state index contributed by atoms with van der Waals surface area (Å²) in [6, 6.07) is 0.403. The normalized spacial score (nSPS) is 24.6. The molecule has 1 aliphatic heterocycles. The number of fused-ring (bicyclic) bond motifs is 1. The highest BCUT2D eigenvalue weighted by atomic mass is 16.1. The number of aromatic nitrogens is 2. The molecule has 1 N–H and O–H groups in total. The first-order chi connectivity index (χ1) is 12.3. The van der Waals surface area contributed by atoms with Crippen molar-refractivity contribution in [2.75, 3.05) is 18.0 Å². The number of rotatable bonds is 3. The summed E-state index contributed by atoms with van der Waals surface area (Å²) in [5.74, 6) is 1.24. The maximum Gasteiger partial charge on any atom is 0.225 e. The third kappa shape index (κ3) is 3.96. The topological polar surface area (TPSA) is 58.1 Å². The minimum atomic E-state index is 0.0962. The lowest BCUT2D eigenvalue weighted by Gasteiger charge is -2.30. The van der Waals surface area contributed by atoms with Crippen molar-refractivity contribution in [3.05, 3.63) is 17.5 Å². The first-order valence-corrected chi connectivity index (χ1v) is 10.2. The van der Waals surface area contributed by atoms with Crippen LogP contribution in [0, 0.1) is 5.92 Å². The number of nitrogens with zero attached hydrogens (tertiary/aromatic N) is 3. The van der Waals surface area contributed by atoms with Crippen LogP contribution in [0.25, 0.3) is 0 Å². The van der Waals surface area contributed by atoms with Gasteiger partial charge in [-0.05, 0) is 56.9 Å². The molecule has 1 amide bonds. The number of aryl methyl sites for hydroxylation is 1. The Hall–Kier alpha value is -1.65. The first kappa shape index (κ1) is 16.8. The highest BCUT2D eigenvalue weighted by Gasteiger charge is 2.28. The molecule has 5 nitrogen and oxygen atoms in total. The molecule has 1 saturated heterocycles. The summed E-state index contributed by atoms with van der Waals surface area (Å²) in [6.07, 6.45) is 14.5. The van der Waals surface area contributed by atoms with Crippen LogP contribution >= 0.6 is 0 Å². The zero-order valence-corrected chi connectivity index (χ0v) is 15.2. The van der Waals surface area contributed by atoms with Gasteiger partial charge in [0.25, 0.3) is 0 Å². The number of anilines is 1. The third-order valence-electron chi connectivity index (χ3n) is 6.10. The zero-order chi connectivity index (χ0) is 17.1. The Morgan fingerprint density at radius 1 is 1.04 bits per heavy atom. The van der Waals surface area contributed by atoms with E-state index in [-0.39, 0.29) is 11.8 Å². The number of hydrogen-bond acceptors (Lipinski definition) is 4. The van der Waals surface area contributed by atoms with Gasteiger partial charge in [0.15, 0.2) is 0 Å². The Morgan fingerprint density at radius 3 is 2.60 bits per heavy atom. The molecule has 0 radical (unpaired) electrons. The number of piperidine rings is 1. The van der Waals surface area contributed by atoms with Gasteiger partial charge < -0.3 is 10.2 Å². The largest absolute Gasteiger partial charge is 0.353 e. The fourth-order valence-electron chi connectivity index (χ4n) is 4.53. The van der Waals surface area contributed by atoms with Gasteiger partial charge in [-0.1, -0.05) is 19.3 Å². The Balaban J connectivity index is 1.38. The second-order valence-corrected chi connectivity index (χ2v) is 7.97. The number of hydrogen-bond donors (Lipinski definition) is 1. The molecule has 1 atom stereocenters. The summed E-state index contributed by atoms with van der Waals surface area (Å²) in [5.41, 5.74) is 2.34. The van der Waals surface area contributed by atoms with Crippen molar-refractivity contribution < 1.29 is 4.79 Å². The number of carbonyl (C=O) groups excluding carboxylic acids is 1. The summed E-state index contributed by atoms with van der Waals surface area (Å²) in [4.78, 5) is 24.4. The fourth-order valence-corrected chi connectivity index (χ4v) is 4.53. The van der Waals surface area contributed by atoms with Gasteiger partial charge in [0.05, 0.1) is 0 Å². The first-order valence-electron chi connectivity index (χ1n) is 10.2. The quantitative estimate of drug-likeness (QED) is 0.917. The molecule has 25 heavy (non-hydrogen) atoms. The minimum absolute atomic E-state index is 0.0962. The Bertz CT molecular complexity index is 606. The molecule has 136 valence electrons. The van der Waals surface area contributed by atoms with Gasteiger partial charge in [-0.25, -0.2) is 9.97 Å². The fraction of sp³-hybridized carbons (Fsp3) is 0.750. The van der Waals surface area contributed by atoms with E-state index in [1.54, 1.807) is 0 Å². The monoisotopic (exact) mass is 342 g/mol. The number of carbonyl (C=O) groups is 1. The molecule has 5 heteroatoms. The van der Waals surface area contributed by atoms with Gasteiger partial charge in [0, 0.05) is 36.9 Å². The molecule has 2 heterocycles. The van der Waals surface area contributed by atoms with E-state index >= 15 is 0 Å². The molecular weight excluding hydrogens is 312 g/mol. The molecule has 1 aromatic heterocycles. The van der Waals surface area contributed by atoms with Gasteiger partial charge in [-0.2, -0.15) is 0 Å². The van der Waals surface area contributed by atoms with Crippen LogP contribution in [0.4, 0.5) is 5.95 Å². The predicted octanol–water partition coefficient (Wildman–Crippen LogP) is 3.02. The van der Waals surface area contributed by atoms with Crippen LogP contribution in [0.3, 0.4) is 0 Å². The molecule has 2 aliphatic carbocycles. The van der Waals surface area contributed by atoms with Crippen LogP contribution in [0.5, 0.6) is 0 Å². The highest BCUT2D eigenvalue weighted by Crippen LogP contribution is 2.27. The van der Waals surface area contributed by atoms with Crippen LogP contribution in [-0.4, -0.2) is 35.0 Å². The van der Waals surface area contributed by atoms with E-state index in [0.717, 1.165) is 56.8 Å². The van der Waals surface area contributed by atoms with Crippen molar-refractivity contribution in [1.82, 2.24) is 15.3 Å². The van der Waals surface area contributed by atoms with E-state index in [1.807, 2.05) is 6.20 Å². The molecule has 1 unspecified atom stereocenters. The predicted molar refractivity (Wildman–Crippen MR) is 98.6 cm³/mol. The number of amides is 1. The van der Waals surface area contributed by atoms with Crippen LogP contribution in [0.1, 0.15) is 69.0 Å². The third-order valence-corrected chi connectivity index (χ3v) is 6.10. The maximum atomic E-state index is 12.6. The van der Waals surface area contributed by atoms with Crippen molar-refractivity contribution in [2.45, 2.75) is 76.7 Å². The lowest BCUT2D eigenvalue weighted by Crippen LogP contribution is -2.41. The molecular formula is C20H30N4O. The summed E-state index contributed by atoms with van der Waals surface area (Å²) in [5, 5.41) is 3.29. The van der Waals surface area contributed by atoms with Gasteiger partial charge in [0.1, 0.15) is 0 Å². The van der Waals surface area contributed by atoms with Crippen molar-refractivity contribution in [3.63, 3.8) is 0 Å². The van der Waals surface area contributed by atoms with Crippen LogP contribution in [0.15, 0.2) is 6.20 Å². The van der Waals surface area contributed by atoms with E-state index in [0.29, 0.717) is 6.04 Å².